The van der Waals surface area contributed by atoms with Gasteiger partial charge in [-0.05, 0) is 44.0 Å². The van der Waals surface area contributed by atoms with Crippen molar-refractivity contribution in [2.75, 3.05) is 16.4 Å². The normalized spacial score (nSPS) is 10.4. The second-order valence-electron chi connectivity index (χ2n) is 5.91. The molecule has 0 aliphatic heterocycles. The fraction of sp³-hybridized carbons (Fsp3) is 0.333. The van der Waals surface area contributed by atoms with Crippen LogP contribution in [-0.4, -0.2) is 21.8 Å². The van der Waals surface area contributed by atoms with Gasteiger partial charge in [-0.25, -0.2) is 9.97 Å². The summed E-state index contributed by atoms with van der Waals surface area (Å²) in [5.41, 5.74) is 8.41. The number of nitrogen functional groups attached to an aromatic ring is 1. The van der Waals surface area contributed by atoms with Gasteiger partial charge in [-0.1, -0.05) is 19.4 Å². The molecule has 0 radical (unpaired) electrons. The number of aryl methyl sites for hydroxylation is 2. The number of nitrogens with two attached hydrogens (primary N) is 1. The second kappa shape index (κ2) is 8.23. The molecule has 1 aromatic heterocycles. The molecule has 0 fully saturated rings. The maximum Gasteiger partial charge on any atom is 0.274 e. The van der Waals surface area contributed by atoms with Crippen LogP contribution in [0.4, 0.5) is 17.3 Å². The van der Waals surface area contributed by atoms with Crippen LogP contribution in [0.3, 0.4) is 0 Å². The largest absolute Gasteiger partial charge is 0.368 e. The molecule has 0 spiro atoms. The van der Waals surface area contributed by atoms with Crippen LogP contribution in [0.25, 0.3) is 0 Å². The molecule has 4 N–H and O–H groups in total. The van der Waals surface area contributed by atoms with Gasteiger partial charge in [-0.15, -0.1) is 0 Å². The first kappa shape index (κ1) is 18.4. The first-order chi connectivity index (χ1) is 11.9. The molecule has 0 saturated heterocycles. The average Bonchev–Trinajstić information content (AvgIpc) is 2.54. The molecule has 132 valence electrons. The van der Waals surface area contributed by atoms with E-state index >= 15 is 0 Å². The van der Waals surface area contributed by atoms with Crippen molar-refractivity contribution in [3.63, 3.8) is 0 Å². The third-order valence-electron chi connectivity index (χ3n) is 3.56. The zero-order chi connectivity index (χ0) is 18.4. The summed E-state index contributed by atoms with van der Waals surface area (Å²) < 4.78 is 0. The first-order valence-corrected chi connectivity index (χ1v) is 8.22. The van der Waals surface area contributed by atoms with E-state index in [1.807, 2.05) is 19.9 Å². The minimum atomic E-state index is -0.410. The first-order valence-electron chi connectivity index (χ1n) is 8.22. The number of hydrogen-bond donors (Lipinski definition) is 3. The highest BCUT2D eigenvalue weighted by Gasteiger charge is 2.14. The van der Waals surface area contributed by atoms with Crippen molar-refractivity contribution in [2.45, 2.75) is 40.0 Å². The lowest BCUT2D eigenvalue weighted by Gasteiger charge is -2.13. The smallest absolute Gasteiger partial charge is 0.274 e. The van der Waals surface area contributed by atoms with Crippen molar-refractivity contribution in [3.8, 4) is 0 Å². The molecule has 1 aromatic carbocycles. The van der Waals surface area contributed by atoms with Crippen molar-refractivity contribution in [2.24, 2.45) is 0 Å². The molecule has 0 unspecified atom stereocenters. The van der Waals surface area contributed by atoms with E-state index in [-0.39, 0.29) is 17.5 Å². The van der Waals surface area contributed by atoms with Crippen LogP contribution in [0.15, 0.2) is 24.3 Å². The third kappa shape index (κ3) is 5.27. The Balaban J connectivity index is 2.21. The highest BCUT2D eigenvalue weighted by Crippen LogP contribution is 2.24. The molecule has 0 aliphatic carbocycles. The van der Waals surface area contributed by atoms with Crippen molar-refractivity contribution < 1.29 is 9.59 Å². The second-order valence-corrected chi connectivity index (χ2v) is 5.91. The topological polar surface area (TPSA) is 110 Å². The number of hydrogen-bond acceptors (Lipinski definition) is 5. The Bertz CT molecular complexity index is 769. The Hall–Kier alpha value is -2.96. The maximum atomic E-state index is 12.5. The third-order valence-corrected chi connectivity index (χ3v) is 3.56. The summed E-state index contributed by atoms with van der Waals surface area (Å²) in [4.78, 5) is 32.4. The van der Waals surface area contributed by atoms with Gasteiger partial charge < -0.3 is 16.4 Å². The zero-order valence-electron chi connectivity index (χ0n) is 14.7. The van der Waals surface area contributed by atoms with E-state index in [1.165, 1.54) is 0 Å². The van der Waals surface area contributed by atoms with Gasteiger partial charge in [0.2, 0.25) is 11.9 Å². The molecule has 1 heterocycles. The van der Waals surface area contributed by atoms with Crippen LogP contribution in [0.2, 0.25) is 0 Å². The molecule has 0 bridgehead atoms. The number of anilines is 3. The van der Waals surface area contributed by atoms with Crippen LogP contribution in [0, 0.1) is 13.8 Å². The molecule has 0 atom stereocenters. The van der Waals surface area contributed by atoms with Crippen molar-refractivity contribution >= 4 is 29.1 Å². The molecule has 2 rings (SSSR count). The van der Waals surface area contributed by atoms with Gasteiger partial charge in [0.25, 0.3) is 5.91 Å². The summed E-state index contributed by atoms with van der Waals surface area (Å²) in [6.45, 7) is 5.67. The summed E-state index contributed by atoms with van der Waals surface area (Å²) in [6.07, 6.45) is 2.21. The predicted molar refractivity (Wildman–Crippen MR) is 98.5 cm³/mol. The number of carbonyl (C=O) groups is 2. The Morgan fingerprint density at radius 3 is 2.52 bits per heavy atom. The molecule has 25 heavy (non-hydrogen) atoms. The molecule has 0 saturated carbocycles. The fourth-order valence-corrected chi connectivity index (χ4v) is 2.31. The number of benzene rings is 1. The summed E-state index contributed by atoms with van der Waals surface area (Å²) >= 11 is 0. The van der Waals surface area contributed by atoms with Crippen LogP contribution >= 0.6 is 0 Å². The quantitative estimate of drug-likeness (QED) is 0.748. The highest BCUT2D eigenvalue weighted by molar-refractivity contribution is 6.06. The maximum absolute atomic E-state index is 12.5. The summed E-state index contributed by atoms with van der Waals surface area (Å²) in [5.74, 6) is -0.447. The molecule has 7 heteroatoms. The molecule has 2 aromatic rings. The zero-order valence-corrected chi connectivity index (χ0v) is 14.7. The van der Waals surface area contributed by atoms with Crippen molar-refractivity contribution in [1.29, 1.82) is 0 Å². The van der Waals surface area contributed by atoms with Crippen molar-refractivity contribution in [1.82, 2.24) is 9.97 Å². The Morgan fingerprint density at radius 1 is 1.08 bits per heavy atom. The van der Waals surface area contributed by atoms with E-state index in [0.29, 0.717) is 23.5 Å². The van der Waals surface area contributed by atoms with Crippen LogP contribution in [-0.2, 0) is 4.79 Å². The predicted octanol–water partition coefficient (Wildman–Crippen LogP) is 3.06. The average molecular weight is 341 g/mol. The Kier molecular flexibility index (Phi) is 6.05. The van der Waals surface area contributed by atoms with Gasteiger partial charge in [0.1, 0.15) is 5.69 Å². The van der Waals surface area contributed by atoms with Gasteiger partial charge in [-0.2, -0.15) is 0 Å². The lowest BCUT2D eigenvalue weighted by atomic mass is 10.1. The number of unbranched alkanes of at least 4 members (excludes halogenated alkanes) is 1. The summed E-state index contributed by atoms with van der Waals surface area (Å²) in [7, 11) is 0. The van der Waals surface area contributed by atoms with E-state index in [1.54, 1.807) is 25.1 Å². The number of aromatic nitrogens is 2. The van der Waals surface area contributed by atoms with Gasteiger partial charge in [0.05, 0.1) is 11.4 Å². The van der Waals surface area contributed by atoms with Gasteiger partial charge >= 0.3 is 0 Å². The summed E-state index contributed by atoms with van der Waals surface area (Å²) in [5, 5.41) is 5.63. The SMILES string of the molecule is CCCCC(=O)Nc1ccc(C)cc1NC(=O)c1cc(C)nc(N)n1. The Labute approximate surface area is 147 Å². The number of rotatable bonds is 6. The van der Waals surface area contributed by atoms with E-state index in [4.69, 9.17) is 5.73 Å². The van der Waals surface area contributed by atoms with Crippen LogP contribution < -0.4 is 16.4 Å². The number of nitrogens with one attached hydrogen (secondary N) is 2. The van der Waals surface area contributed by atoms with E-state index in [2.05, 4.69) is 20.6 Å². The minimum Gasteiger partial charge on any atom is -0.368 e. The lowest BCUT2D eigenvalue weighted by Crippen LogP contribution is -2.18. The lowest BCUT2D eigenvalue weighted by molar-refractivity contribution is -0.116. The highest BCUT2D eigenvalue weighted by atomic mass is 16.2. The van der Waals surface area contributed by atoms with Crippen LogP contribution in [0.1, 0.15) is 47.9 Å². The van der Waals surface area contributed by atoms with E-state index < -0.39 is 5.91 Å². The van der Waals surface area contributed by atoms with Crippen LogP contribution in [0.5, 0.6) is 0 Å². The summed E-state index contributed by atoms with van der Waals surface area (Å²) in [6, 6.07) is 7.00. The molecule has 2 amide bonds. The standard InChI is InChI=1S/C18H23N5O2/c1-4-5-6-16(24)21-13-8-7-11(2)9-14(13)22-17(25)15-10-12(3)20-18(19)23-15/h7-10H,4-6H2,1-3H3,(H,21,24)(H,22,25)(H2,19,20,23). The van der Waals surface area contributed by atoms with Gasteiger partial charge in [0.15, 0.2) is 0 Å². The molecular weight excluding hydrogens is 318 g/mol. The van der Waals surface area contributed by atoms with E-state index in [9.17, 15) is 9.59 Å². The molecule has 7 nitrogen and oxygen atoms in total. The monoisotopic (exact) mass is 341 g/mol. The number of carbonyl (C=O) groups excluding carboxylic acids is 2. The molecular formula is C18H23N5O2. The number of amides is 2. The molecule has 0 aliphatic rings. The number of nitrogens with zero attached hydrogens (tertiary/aromatic N) is 2. The van der Waals surface area contributed by atoms with E-state index in [0.717, 1.165) is 18.4 Å². The fourth-order valence-electron chi connectivity index (χ4n) is 2.31. The minimum absolute atomic E-state index is 0.0440. The van der Waals surface area contributed by atoms with Gasteiger partial charge in [0, 0.05) is 12.1 Å². The Morgan fingerprint density at radius 2 is 1.84 bits per heavy atom. The van der Waals surface area contributed by atoms with Gasteiger partial charge in [-0.3, -0.25) is 9.59 Å². The van der Waals surface area contributed by atoms with Crippen molar-refractivity contribution in [3.05, 3.63) is 41.2 Å².